The summed E-state index contributed by atoms with van der Waals surface area (Å²) in [5.41, 5.74) is 2.16. The fraction of sp³-hybridized carbons (Fsp3) is 0.250. The maximum absolute atomic E-state index is 12.9. The average molecular weight is 386 g/mol. The summed E-state index contributed by atoms with van der Waals surface area (Å²) in [6, 6.07) is 12.0. The van der Waals surface area contributed by atoms with Crippen molar-refractivity contribution in [2.45, 2.75) is 19.7 Å². The number of benzene rings is 2. The van der Waals surface area contributed by atoms with E-state index in [1.807, 2.05) is 23.6 Å². The van der Waals surface area contributed by atoms with E-state index in [1.165, 1.54) is 12.1 Å². The van der Waals surface area contributed by atoms with Crippen molar-refractivity contribution in [3.8, 4) is 17.2 Å². The van der Waals surface area contributed by atoms with Gasteiger partial charge in [-0.1, -0.05) is 6.07 Å². The van der Waals surface area contributed by atoms with Crippen LogP contribution in [0, 0.1) is 5.82 Å². The molecule has 0 atom stereocenters. The van der Waals surface area contributed by atoms with Crippen molar-refractivity contribution >= 4 is 11.3 Å². The van der Waals surface area contributed by atoms with Crippen LogP contribution >= 0.6 is 11.3 Å². The van der Waals surface area contributed by atoms with Crippen LogP contribution in [0.2, 0.25) is 0 Å². The minimum absolute atomic E-state index is 0.274. The molecule has 1 aliphatic rings. The number of hydrogen-bond acceptors (Lipinski definition) is 6. The van der Waals surface area contributed by atoms with Crippen LogP contribution in [0.4, 0.5) is 4.39 Å². The van der Waals surface area contributed by atoms with Gasteiger partial charge in [-0.05, 0) is 49.0 Å². The van der Waals surface area contributed by atoms with Gasteiger partial charge in [0.2, 0.25) is 6.79 Å². The molecule has 0 fully saturated rings. The number of ether oxygens (including phenoxy) is 3. The van der Waals surface area contributed by atoms with Gasteiger partial charge in [0.25, 0.3) is 0 Å². The van der Waals surface area contributed by atoms with E-state index in [0.717, 1.165) is 40.9 Å². The standard InChI is InChI=1S/C20H19FN2O3S/c1-23(9-14-2-7-18-19(8-14)26-13-25-18)10-16-12-27-20(22-16)11-24-17-5-3-15(21)4-6-17/h2-8,12H,9-11,13H2,1H3. The Morgan fingerprint density at radius 1 is 1.11 bits per heavy atom. The highest BCUT2D eigenvalue weighted by Crippen LogP contribution is 2.32. The van der Waals surface area contributed by atoms with Gasteiger partial charge in [0.1, 0.15) is 23.2 Å². The zero-order chi connectivity index (χ0) is 18.6. The quantitative estimate of drug-likeness (QED) is 0.608. The topological polar surface area (TPSA) is 43.8 Å². The maximum Gasteiger partial charge on any atom is 0.231 e. The Balaban J connectivity index is 1.30. The van der Waals surface area contributed by atoms with Crippen LogP contribution in [0.1, 0.15) is 16.3 Å². The minimum atomic E-state index is -0.274. The van der Waals surface area contributed by atoms with Gasteiger partial charge in [-0.2, -0.15) is 0 Å². The van der Waals surface area contributed by atoms with E-state index in [-0.39, 0.29) is 12.6 Å². The number of aromatic nitrogens is 1. The molecule has 27 heavy (non-hydrogen) atoms. The van der Waals surface area contributed by atoms with Crippen LogP contribution in [0.15, 0.2) is 47.8 Å². The van der Waals surface area contributed by atoms with Gasteiger partial charge in [0, 0.05) is 18.5 Å². The number of halogens is 1. The first-order valence-electron chi connectivity index (χ1n) is 8.54. The van der Waals surface area contributed by atoms with Gasteiger partial charge in [0.15, 0.2) is 11.5 Å². The van der Waals surface area contributed by atoms with Crippen LogP contribution in [-0.2, 0) is 19.7 Å². The third-order valence-corrected chi connectivity index (χ3v) is 4.97. The summed E-state index contributed by atoms with van der Waals surface area (Å²) in [5, 5.41) is 2.94. The van der Waals surface area contributed by atoms with E-state index in [9.17, 15) is 4.39 Å². The van der Waals surface area contributed by atoms with Crippen molar-refractivity contribution < 1.29 is 18.6 Å². The molecule has 2 aromatic carbocycles. The lowest BCUT2D eigenvalue weighted by Gasteiger charge is -2.15. The van der Waals surface area contributed by atoms with Gasteiger partial charge in [0.05, 0.1) is 5.69 Å². The first kappa shape index (κ1) is 17.8. The monoisotopic (exact) mass is 386 g/mol. The normalized spacial score (nSPS) is 12.6. The highest BCUT2D eigenvalue weighted by molar-refractivity contribution is 7.09. The smallest absolute Gasteiger partial charge is 0.231 e. The van der Waals surface area contributed by atoms with E-state index < -0.39 is 0 Å². The molecule has 0 radical (unpaired) electrons. The molecule has 140 valence electrons. The molecule has 0 aliphatic carbocycles. The predicted octanol–water partition coefficient (Wildman–Crippen LogP) is 4.22. The van der Waals surface area contributed by atoms with Crippen molar-refractivity contribution in [3.05, 3.63) is 69.9 Å². The van der Waals surface area contributed by atoms with Crippen molar-refractivity contribution in [3.63, 3.8) is 0 Å². The summed E-state index contributed by atoms with van der Waals surface area (Å²) in [6.07, 6.45) is 0. The lowest BCUT2D eigenvalue weighted by molar-refractivity contribution is 0.174. The summed E-state index contributed by atoms with van der Waals surface area (Å²) >= 11 is 1.56. The van der Waals surface area contributed by atoms with Crippen molar-refractivity contribution in [1.82, 2.24) is 9.88 Å². The SMILES string of the molecule is CN(Cc1ccc2c(c1)OCO2)Cc1csc(COc2ccc(F)cc2)n1. The van der Waals surface area contributed by atoms with Gasteiger partial charge >= 0.3 is 0 Å². The number of rotatable bonds is 7. The predicted molar refractivity (Wildman–Crippen MR) is 101 cm³/mol. The van der Waals surface area contributed by atoms with E-state index in [4.69, 9.17) is 14.2 Å². The van der Waals surface area contributed by atoms with Crippen LogP contribution in [-0.4, -0.2) is 23.7 Å². The fourth-order valence-electron chi connectivity index (χ4n) is 2.85. The number of nitrogens with zero attached hydrogens (tertiary/aromatic N) is 2. The highest BCUT2D eigenvalue weighted by Gasteiger charge is 2.14. The molecule has 0 N–H and O–H groups in total. The maximum atomic E-state index is 12.9. The fourth-order valence-corrected chi connectivity index (χ4v) is 3.54. The Morgan fingerprint density at radius 2 is 1.93 bits per heavy atom. The molecule has 2 heterocycles. The molecular weight excluding hydrogens is 367 g/mol. The van der Waals surface area contributed by atoms with E-state index >= 15 is 0 Å². The van der Waals surface area contributed by atoms with Crippen molar-refractivity contribution in [2.75, 3.05) is 13.8 Å². The molecule has 3 aromatic rings. The molecule has 7 heteroatoms. The van der Waals surface area contributed by atoms with Crippen LogP contribution in [0.3, 0.4) is 0 Å². The molecule has 0 saturated carbocycles. The van der Waals surface area contributed by atoms with Gasteiger partial charge in [-0.25, -0.2) is 9.37 Å². The molecular formula is C20H19FN2O3S. The van der Waals surface area contributed by atoms with Crippen LogP contribution in [0.25, 0.3) is 0 Å². The van der Waals surface area contributed by atoms with Gasteiger partial charge in [-0.3, -0.25) is 4.90 Å². The van der Waals surface area contributed by atoms with E-state index in [2.05, 4.69) is 16.9 Å². The third-order valence-electron chi connectivity index (χ3n) is 4.10. The Morgan fingerprint density at radius 3 is 2.78 bits per heavy atom. The largest absolute Gasteiger partial charge is 0.486 e. The Kier molecular flexibility index (Phi) is 5.22. The lowest BCUT2D eigenvalue weighted by Crippen LogP contribution is -2.17. The number of fused-ring (bicyclic) bond motifs is 1. The number of thiazole rings is 1. The summed E-state index contributed by atoms with van der Waals surface area (Å²) in [5.74, 6) is 1.96. The average Bonchev–Trinajstić information content (AvgIpc) is 3.30. The third kappa shape index (κ3) is 4.56. The molecule has 1 aromatic heterocycles. The van der Waals surface area contributed by atoms with E-state index in [0.29, 0.717) is 12.4 Å². The molecule has 0 unspecified atom stereocenters. The Hall–Kier alpha value is -2.64. The summed E-state index contributed by atoms with van der Waals surface area (Å²) in [7, 11) is 2.05. The zero-order valence-electron chi connectivity index (χ0n) is 14.9. The van der Waals surface area contributed by atoms with Crippen LogP contribution in [0.5, 0.6) is 17.2 Å². The first-order chi connectivity index (χ1) is 13.2. The molecule has 4 rings (SSSR count). The molecule has 0 amide bonds. The second kappa shape index (κ2) is 7.94. The zero-order valence-corrected chi connectivity index (χ0v) is 15.7. The molecule has 1 aliphatic heterocycles. The Labute approximate surface area is 160 Å². The highest BCUT2D eigenvalue weighted by atomic mass is 32.1. The molecule has 0 saturated heterocycles. The van der Waals surface area contributed by atoms with E-state index in [1.54, 1.807) is 23.5 Å². The molecule has 0 spiro atoms. The van der Waals surface area contributed by atoms with Crippen molar-refractivity contribution in [2.24, 2.45) is 0 Å². The first-order valence-corrected chi connectivity index (χ1v) is 9.42. The molecule has 5 nitrogen and oxygen atoms in total. The minimum Gasteiger partial charge on any atom is -0.486 e. The second-order valence-electron chi connectivity index (χ2n) is 6.34. The Bertz CT molecular complexity index is 914. The van der Waals surface area contributed by atoms with Crippen molar-refractivity contribution in [1.29, 1.82) is 0 Å². The summed E-state index contributed by atoms with van der Waals surface area (Å²) < 4.78 is 29.3. The van der Waals surface area contributed by atoms with Crippen LogP contribution < -0.4 is 14.2 Å². The van der Waals surface area contributed by atoms with Gasteiger partial charge < -0.3 is 14.2 Å². The summed E-state index contributed by atoms with van der Waals surface area (Å²) in [6.45, 7) is 2.19. The summed E-state index contributed by atoms with van der Waals surface area (Å²) in [4.78, 5) is 6.81. The number of hydrogen-bond donors (Lipinski definition) is 0. The second-order valence-corrected chi connectivity index (χ2v) is 7.28. The van der Waals surface area contributed by atoms with Gasteiger partial charge in [-0.15, -0.1) is 11.3 Å². The molecule has 0 bridgehead atoms. The lowest BCUT2D eigenvalue weighted by atomic mass is 10.2.